The lowest BCUT2D eigenvalue weighted by molar-refractivity contribution is 0.0538. The van der Waals surface area contributed by atoms with E-state index in [-0.39, 0.29) is 11.9 Å². The number of carbonyl (C=O) groups is 1. The number of anilines is 1. The van der Waals surface area contributed by atoms with E-state index >= 15 is 0 Å². The molecule has 0 radical (unpaired) electrons. The molecule has 1 aromatic carbocycles. The minimum absolute atomic E-state index is 0.00800. The molecule has 4 heteroatoms. The molecular weight excluding hydrogens is 264 g/mol. The normalized spacial score (nSPS) is 17.3. The van der Waals surface area contributed by atoms with E-state index in [1.807, 2.05) is 32.0 Å². The summed E-state index contributed by atoms with van der Waals surface area (Å²) in [6.07, 6.45) is 2.05. The molecule has 1 fully saturated rings. The Balaban J connectivity index is 2.06. The Labute approximate surface area is 127 Å². The molecule has 2 rings (SSSR count). The summed E-state index contributed by atoms with van der Waals surface area (Å²) >= 11 is 0. The number of rotatable bonds is 5. The number of hydrogen-bond acceptors (Lipinski definition) is 3. The average molecular weight is 290 g/mol. The third-order valence-corrected chi connectivity index (χ3v) is 4.12. The Bertz CT molecular complexity index is 482. The van der Waals surface area contributed by atoms with Crippen LogP contribution >= 0.6 is 0 Å². The van der Waals surface area contributed by atoms with Crippen molar-refractivity contribution in [3.63, 3.8) is 0 Å². The molecule has 0 spiro atoms. The Hall–Kier alpha value is -1.55. The summed E-state index contributed by atoms with van der Waals surface area (Å²) in [5.74, 6) is 0.517. The molecule has 1 amide bonds. The first-order valence-electron chi connectivity index (χ1n) is 7.85. The molecule has 1 unspecified atom stereocenters. The Kier molecular flexibility index (Phi) is 5.62. The largest absolute Gasteiger partial charge is 0.385 e. The molecule has 21 heavy (non-hydrogen) atoms. The molecule has 1 saturated heterocycles. The highest BCUT2D eigenvalue weighted by atomic mass is 16.5. The van der Waals surface area contributed by atoms with Crippen LogP contribution in [0.2, 0.25) is 0 Å². The van der Waals surface area contributed by atoms with Crippen LogP contribution in [-0.4, -0.2) is 31.7 Å². The van der Waals surface area contributed by atoms with Crippen LogP contribution in [0.25, 0.3) is 0 Å². The lowest BCUT2D eigenvalue weighted by atomic mass is 9.92. The summed E-state index contributed by atoms with van der Waals surface area (Å²) in [6, 6.07) is 6.13. The third-order valence-electron chi connectivity index (χ3n) is 4.12. The maximum Gasteiger partial charge on any atom is 0.253 e. The fourth-order valence-electron chi connectivity index (χ4n) is 2.81. The van der Waals surface area contributed by atoms with Gasteiger partial charge in [-0.15, -0.1) is 0 Å². The van der Waals surface area contributed by atoms with Gasteiger partial charge in [-0.1, -0.05) is 11.6 Å². The molecular formula is C17H26N2O2. The predicted octanol–water partition coefficient (Wildman–Crippen LogP) is 2.97. The summed E-state index contributed by atoms with van der Waals surface area (Å²) in [6.45, 7) is 8.55. The van der Waals surface area contributed by atoms with Gasteiger partial charge in [-0.05, 0) is 51.7 Å². The van der Waals surface area contributed by atoms with E-state index in [0.29, 0.717) is 5.92 Å². The number of amides is 1. The highest BCUT2D eigenvalue weighted by Gasteiger charge is 2.23. The SMILES string of the molecule is CCNc1ccc(C)cc1C(=O)NC(C)C1CCOCC1. The lowest BCUT2D eigenvalue weighted by Crippen LogP contribution is -2.40. The van der Waals surface area contributed by atoms with Crippen LogP contribution in [0.5, 0.6) is 0 Å². The summed E-state index contributed by atoms with van der Waals surface area (Å²) in [7, 11) is 0. The topological polar surface area (TPSA) is 50.4 Å². The lowest BCUT2D eigenvalue weighted by Gasteiger charge is -2.28. The minimum Gasteiger partial charge on any atom is -0.385 e. The summed E-state index contributed by atoms with van der Waals surface area (Å²) in [5.41, 5.74) is 2.73. The van der Waals surface area contributed by atoms with Crippen molar-refractivity contribution in [2.75, 3.05) is 25.1 Å². The highest BCUT2D eigenvalue weighted by Crippen LogP contribution is 2.21. The fraction of sp³-hybridized carbons (Fsp3) is 0.588. The predicted molar refractivity (Wildman–Crippen MR) is 85.8 cm³/mol. The standard InChI is InChI=1S/C17H26N2O2/c1-4-18-16-6-5-12(2)11-15(16)17(20)19-13(3)14-7-9-21-10-8-14/h5-6,11,13-14,18H,4,7-10H2,1-3H3,(H,19,20). The Morgan fingerprint density at radius 1 is 1.38 bits per heavy atom. The number of aryl methyl sites for hydroxylation is 1. The van der Waals surface area contributed by atoms with Gasteiger partial charge in [-0.2, -0.15) is 0 Å². The summed E-state index contributed by atoms with van der Waals surface area (Å²) < 4.78 is 5.38. The van der Waals surface area contributed by atoms with Crippen LogP contribution in [0.4, 0.5) is 5.69 Å². The van der Waals surface area contributed by atoms with E-state index in [1.165, 1.54) is 0 Å². The van der Waals surface area contributed by atoms with E-state index in [0.717, 1.165) is 49.4 Å². The number of nitrogens with one attached hydrogen (secondary N) is 2. The first kappa shape index (κ1) is 15.8. The van der Waals surface area contributed by atoms with Gasteiger partial charge in [0, 0.05) is 31.5 Å². The smallest absolute Gasteiger partial charge is 0.253 e. The molecule has 0 saturated carbocycles. The van der Waals surface area contributed by atoms with Gasteiger partial charge in [-0.3, -0.25) is 4.79 Å². The molecule has 116 valence electrons. The molecule has 2 N–H and O–H groups in total. The second kappa shape index (κ2) is 7.46. The first-order valence-corrected chi connectivity index (χ1v) is 7.85. The Morgan fingerprint density at radius 3 is 2.76 bits per heavy atom. The molecule has 0 bridgehead atoms. The number of carbonyl (C=O) groups excluding carboxylic acids is 1. The number of ether oxygens (including phenoxy) is 1. The zero-order valence-corrected chi connectivity index (χ0v) is 13.2. The van der Waals surface area contributed by atoms with Gasteiger partial charge < -0.3 is 15.4 Å². The second-order valence-electron chi connectivity index (χ2n) is 5.79. The van der Waals surface area contributed by atoms with Crippen molar-refractivity contribution in [1.82, 2.24) is 5.32 Å². The molecule has 1 aliphatic heterocycles. The molecule has 1 aliphatic rings. The van der Waals surface area contributed by atoms with Gasteiger partial charge >= 0.3 is 0 Å². The van der Waals surface area contributed by atoms with Gasteiger partial charge in [0.1, 0.15) is 0 Å². The van der Waals surface area contributed by atoms with Crippen molar-refractivity contribution in [3.05, 3.63) is 29.3 Å². The monoisotopic (exact) mass is 290 g/mol. The van der Waals surface area contributed by atoms with Crippen LogP contribution in [0.15, 0.2) is 18.2 Å². The maximum atomic E-state index is 12.6. The van der Waals surface area contributed by atoms with Crippen molar-refractivity contribution in [3.8, 4) is 0 Å². The molecule has 0 aliphatic carbocycles. The van der Waals surface area contributed by atoms with Gasteiger partial charge in [0.15, 0.2) is 0 Å². The number of hydrogen-bond donors (Lipinski definition) is 2. The van der Waals surface area contributed by atoms with Crippen molar-refractivity contribution < 1.29 is 9.53 Å². The van der Waals surface area contributed by atoms with E-state index in [9.17, 15) is 4.79 Å². The van der Waals surface area contributed by atoms with Crippen LogP contribution in [0.3, 0.4) is 0 Å². The van der Waals surface area contributed by atoms with Crippen LogP contribution in [0.1, 0.15) is 42.6 Å². The van der Waals surface area contributed by atoms with Crippen LogP contribution in [-0.2, 0) is 4.74 Å². The fourth-order valence-corrected chi connectivity index (χ4v) is 2.81. The van der Waals surface area contributed by atoms with Gasteiger partial charge in [0.2, 0.25) is 0 Å². The van der Waals surface area contributed by atoms with E-state index in [4.69, 9.17) is 4.74 Å². The van der Waals surface area contributed by atoms with E-state index in [1.54, 1.807) is 0 Å². The third kappa shape index (κ3) is 4.21. The summed E-state index contributed by atoms with van der Waals surface area (Å²) in [4.78, 5) is 12.6. The molecule has 4 nitrogen and oxygen atoms in total. The molecule has 1 atom stereocenters. The zero-order valence-electron chi connectivity index (χ0n) is 13.2. The second-order valence-corrected chi connectivity index (χ2v) is 5.79. The highest BCUT2D eigenvalue weighted by molar-refractivity contribution is 6.00. The molecule has 1 heterocycles. The van der Waals surface area contributed by atoms with Crippen LogP contribution < -0.4 is 10.6 Å². The Morgan fingerprint density at radius 2 is 2.10 bits per heavy atom. The van der Waals surface area contributed by atoms with E-state index < -0.39 is 0 Å². The van der Waals surface area contributed by atoms with Gasteiger partial charge in [0.25, 0.3) is 5.91 Å². The molecule has 1 aromatic rings. The average Bonchev–Trinajstić information content (AvgIpc) is 2.50. The van der Waals surface area contributed by atoms with Gasteiger partial charge in [0.05, 0.1) is 5.56 Å². The molecule has 0 aromatic heterocycles. The van der Waals surface area contributed by atoms with Crippen molar-refractivity contribution in [2.45, 2.75) is 39.7 Å². The quantitative estimate of drug-likeness (QED) is 0.876. The minimum atomic E-state index is 0.00800. The van der Waals surface area contributed by atoms with E-state index in [2.05, 4.69) is 17.6 Å². The van der Waals surface area contributed by atoms with Crippen molar-refractivity contribution in [2.24, 2.45) is 5.92 Å². The maximum absolute atomic E-state index is 12.6. The number of benzene rings is 1. The van der Waals surface area contributed by atoms with Crippen molar-refractivity contribution >= 4 is 11.6 Å². The first-order chi connectivity index (χ1) is 10.1. The van der Waals surface area contributed by atoms with Crippen LogP contribution in [0, 0.1) is 12.8 Å². The summed E-state index contributed by atoms with van der Waals surface area (Å²) in [5, 5.41) is 6.41. The van der Waals surface area contributed by atoms with Gasteiger partial charge in [-0.25, -0.2) is 0 Å². The zero-order chi connectivity index (χ0) is 15.2. The van der Waals surface area contributed by atoms with Crippen molar-refractivity contribution in [1.29, 1.82) is 0 Å².